The van der Waals surface area contributed by atoms with Gasteiger partial charge >= 0.3 is 5.97 Å². The number of benzene rings is 1. The van der Waals surface area contributed by atoms with Crippen molar-refractivity contribution in [2.24, 2.45) is 0 Å². The molecule has 0 unspecified atom stereocenters. The predicted octanol–water partition coefficient (Wildman–Crippen LogP) is 2.34. The number of rotatable bonds is 6. The number of aromatic carboxylic acids is 1. The summed E-state index contributed by atoms with van der Waals surface area (Å²) >= 11 is 3.27. The topological polar surface area (TPSA) is 46.5 Å². The van der Waals surface area contributed by atoms with Gasteiger partial charge in [-0.2, -0.15) is 0 Å². The third-order valence-corrected chi connectivity index (χ3v) is 2.28. The Balaban J connectivity index is 2.39. The van der Waals surface area contributed by atoms with E-state index in [9.17, 15) is 4.79 Å². The van der Waals surface area contributed by atoms with E-state index in [1.54, 1.807) is 12.1 Å². The molecule has 0 fully saturated rings. The average molecular weight is 273 g/mol. The molecule has 0 aliphatic heterocycles. The van der Waals surface area contributed by atoms with Crippen molar-refractivity contribution in [2.45, 2.75) is 6.42 Å². The van der Waals surface area contributed by atoms with Gasteiger partial charge in [0.25, 0.3) is 0 Å². The lowest BCUT2D eigenvalue weighted by atomic mass is 10.1. The minimum absolute atomic E-state index is 0.320. The summed E-state index contributed by atoms with van der Waals surface area (Å²) in [5.41, 5.74) is 1.41. The van der Waals surface area contributed by atoms with E-state index in [4.69, 9.17) is 9.84 Å². The van der Waals surface area contributed by atoms with Crippen molar-refractivity contribution in [3.8, 4) is 0 Å². The van der Waals surface area contributed by atoms with Crippen LogP contribution in [0.4, 0.5) is 0 Å². The summed E-state index contributed by atoms with van der Waals surface area (Å²) in [5, 5.41) is 9.53. The molecule has 0 aliphatic carbocycles. The number of hydrogen-bond donors (Lipinski definition) is 1. The maximum absolute atomic E-state index is 10.6. The van der Waals surface area contributed by atoms with Crippen LogP contribution in [0.25, 0.3) is 0 Å². The molecule has 3 nitrogen and oxygen atoms in total. The van der Waals surface area contributed by atoms with Gasteiger partial charge in [0.05, 0.1) is 18.8 Å². The zero-order chi connectivity index (χ0) is 11.1. The molecule has 0 aromatic heterocycles. The maximum Gasteiger partial charge on any atom is 0.335 e. The number of carboxylic acids is 1. The number of carboxylic acid groups (broad SMARTS) is 1. The second kappa shape index (κ2) is 6.58. The van der Waals surface area contributed by atoms with Gasteiger partial charge in [-0.1, -0.05) is 28.1 Å². The summed E-state index contributed by atoms with van der Waals surface area (Å²) in [5.74, 6) is -0.892. The second-order valence-electron chi connectivity index (χ2n) is 3.05. The molecule has 0 radical (unpaired) electrons. The molecule has 1 N–H and O–H groups in total. The Bertz CT molecular complexity index is 308. The Kier molecular flexibility index (Phi) is 5.36. The van der Waals surface area contributed by atoms with Crippen LogP contribution in [0.2, 0.25) is 0 Å². The fourth-order valence-electron chi connectivity index (χ4n) is 1.16. The van der Waals surface area contributed by atoms with Crippen LogP contribution in [-0.4, -0.2) is 29.6 Å². The highest BCUT2D eigenvalue weighted by molar-refractivity contribution is 9.09. The summed E-state index contributed by atoms with van der Waals surface area (Å²) in [7, 11) is 0. The standard InChI is InChI=1S/C11H13BrO3/c12-6-8-15-7-5-9-1-3-10(4-2-9)11(13)14/h1-4H,5-8H2,(H,13,14). The van der Waals surface area contributed by atoms with E-state index in [1.165, 1.54) is 0 Å². The van der Waals surface area contributed by atoms with Gasteiger partial charge in [0.1, 0.15) is 0 Å². The number of alkyl halides is 1. The first-order valence-electron chi connectivity index (χ1n) is 4.70. The molecular formula is C11H13BrO3. The molecule has 0 heterocycles. The van der Waals surface area contributed by atoms with E-state index in [1.807, 2.05) is 12.1 Å². The molecule has 0 amide bonds. The highest BCUT2D eigenvalue weighted by atomic mass is 79.9. The number of ether oxygens (including phenoxy) is 1. The number of halogens is 1. The van der Waals surface area contributed by atoms with E-state index in [0.29, 0.717) is 18.8 Å². The quantitative estimate of drug-likeness (QED) is 0.639. The van der Waals surface area contributed by atoms with Crippen LogP contribution in [-0.2, 0) is 11.2 Å². The maximum atomic E-state index is 10.6. The van der Waals surface area contributed by atoms with Gasteiger partial charge in [-0.3, -0.25) is 0 Å². The van der Waals surface area contributed by atoms with Crippen LogP contribution in [0.3, 0.4) is 0 Å². The zero-order valence-electron chi connectivity index (χ0n) is 8.28. The molecule has 1 aromatic rings. The lowest BCUT2D eigenvalue weighted by Gasteiger charge is -2.02. The Morgan fingerprint density at radius 3 is 2.47 bits per heavy atom. The average Bonchev–Trinajstić information content (AvgIpc) is 2.25. The third kappa shape index (κ3) is 4.44. The van der Waals surface area contributed by atoms with Crippen molar-refractivity contribution in [3.63, 3.8) is 0 Å². The van der Waals surface area contributed by atoms with Crippen LogP contribution in [0.15, 0.2) is 24.3 Å². The predicted molar refractivity (Wildman–Crippen MR) is 61.7 cm³/mol. The van der Waals surface area contributed by atoms with Crippen molar-refractivity contribution in [3.05, 3.63) is 35.4 Å². The van der Waals surface area contributed by atoms with Crippen molar-refractivity contribution in [1.82, 2.24) is 0 Å². The van der Waals surface area contributed by atoms with Gasteiger partial charge in [0, 0.05) is 5.33 Å². The van der Waals surface area contributed by atoms with E-state index < -0.39 is 5.97 Å². The Hall–Kier alpha value is -0.870. The van der Waals surface area contributed by atoms with Gasteiger partial charge in [0.15, 0.2) is 0 Å². The van der Waals surface area contributed by atoms with E-state index in [2.05, 4.69) is 15.9 Å². The molecule has 0 bridgehead atoms. The summed E-state index contributed by atoms with van der Waals surface area (Å²) in [6, 6.07) is 6.87. The fraction of sp³-hybridized carbons (Fsp3) is 0.364. The molecule has 82 valence electrons. The van der Waals surface area contributed by atoms with Gasteiger partial charge in [-0.15, -0.1) is 0 Å². The first-order valence-corrected chi connectivity index (χ1v) is 5.82. The summed E-state index contributed by atoms with van der Waals surface area (Å²) in [6.45, 7) is 1.37. The second-order valence-corrected chi connectivity index (χ2v) is 3.85. The monoisotopic (exact) mass is 272 g/mol. The molecule has 4 heteroatoms. The SMILES string of the molecule is O=C(O)c1ccc(CCOCCBr)cc1. The Morgan fingerprint density at radius 2 is 1.93 bits per heavy atom. The first kappa shape index (κ1) is 12.2. The number of hydrogen-bond acceptors (Lipinski definition) is 2. The van der Waals surface area contributed by atoms with Crippen LogP contribution < -0.4 is 0 Å². The summed E-state index contributed by atoms with van der Waals surface area (Å²) in [4.78, 5) is 10.6. The van der Waals surface area contributed by atoms with E-state index in [0.717, 1.165) is 17.3 Å². The Morgan fingerprint density at radius 1 is 1.27 bits per heavy atom. The van der Waals surface area contributed by atoms with Crippen LogP contribution >= 0.6 is 15.9 Å². The Labute approximate surface area is 97.2 Å². The van der Waals surface area contributed by atoms with Gasteiger partial charge in [-0.25, -0.2) is 4.79 Å². The zero-order valence-corrected chi connectivity index (χ0v) is 9.87. The normalized spacial score (nSPS) is 10.2. The van der Waals surface area contributed by atoms with Crippen LogP contribution in [0, 0.1) is 0 Å². The molecular weight excluding hydrogens is 260 g/mol. The molecule has 0 atom stereocenters. The smallest absolute Gasteiger partial charge is 0.335 e. The highest BCUT2D eigenvalue weighted by Crippen LogP contribution is 2.05. The molecule has 1 rings (SSSR count). The van der Waals surface area contributed by atoms with E-state index in [-0.39, 0.29) is 0 Å². The molecule has 0 saturated carbocycles. The van der Waals surface area contributed by atoms with Gasteiger partial charge < -0.3 is 9.84 Å². The van der Waals surface area contributed by atoms with Crippen molar-refractivity contribution < 1.29 is 14.6 Å². The minimum Gasteiger partial charge on any atom is -0.478 e. The minimum atomic E-state index is -0.892. The molecule has 0 aliphatic rings. The molecule has 0 saturated heterocycles. The first-order chi connectivity index (χ1) is 7.24. The van der Waals surface area contributed by atoms with Crippen molar-refractivity contribution in [2.75, 3.05) is 18.5 Å². The van der Waals surface area contributed by atoms with Gasteiger partial charge in [-0.05, 0) is 24.1 Å². The highest BCUT2D eigenvalue weighted by Gasteiger charge is 2.01. The third-order valence-electron chi connectivity index (χ3n) is 1.96. The van der Waals surface area contributed by atoms with Crippen LogP contribution in [0.1, 0.15) is 15.9 Å². The number of carbonyl (C=O) groups is 1. The largest absolute Gasteiger partial charge is 0.478 e. The lowest BCUT2D eigenvalue weighted by molar-refractivity contribution is 0.0697. The summed E-state index contributed by atoms with van der Waals surface area (Å²) in [6.07, 6.45) is 0.812. The lowest BCUT2D eigenvalue weighted by Crippen LogP contribution is -2.01. The van der Waals surface area contributed by atoms with Gasteiger partial charge in [0.2, 0.25) is 0 Å². The summed E-state index contributed by atoms with van der Waals surface area (Å²) < 4.78 is 5.30. The molecule has 1 aromatic carbocycles. The van der Waals surface area contributed by atoms with E-state index >= 15 is 0 Å². The van der Waals surface area contributed by atoms with Crippen molar-refractivity contribution in [1.29, 1.82) is 0 Å². The van der Waals surface area contributed by atoms with Crippen molar-refractivity contribution >= 4 is 21.9 Å². The molecule has 0 spiro atoms. The van der Waals surface area contributed by atoms with Crippen LogP contribution in [0.5, 0.6) is 0 Å². The fourth-order valence-corrected chi connectivity index (χ4v) is 1.39. The molecule has 15 heavy (non-hydrogen) atoms.